The molecule has 1 N–H and O–H groups in total. The number of benzene rings is 3. The van der Waals surface area contributed by atoms with Crippen molar-refractivity contribution < 1.29 is 19.4 Å². The maximum atomic E-state index is 13.4. The number of nitrogens with zero attached hydrogens (tertiary/aromatic N) is 2. The van der Waals surface area contributed by atoms with Crippen molar-refractivity contribution >= 4 is 17.4 Å². The maximum absolute atomic E-state index is 13.4. The number of carbonyl (C=O) groups is 2. The molecule has 0 radical (unpaired) electrons. The van der Waals surface area contributed by atoms with Crippen LogP contribution in [0.1, 0.15) is 67.5 Å². The second-order valence-electron chi connectivity index (χ2n) is 10.6. The minimum Gasteiger partial charge on any atom is -0.507 e. The monoisotopic (exact) mass is 540 g/mol. The number of amides is 1. The number of aryl methyl sites for hydroxylation is 1. The first-order chi connectivity index (χ1) is 19.2. The largest absolute Gasteiger partial charge is 0.507 e. The van der Waals surface area contributed by atoms with Gasteiger partial charge in [-0.2, -0.15) is 0 Å². The van der Waals surface area contributed by atoms with Crippen LogP contribution in [0.15, 0.2) is 78.4 Å². The summed E-state index contributed by atoms with van der Waals surface area (Å²) in [5.74, 6) is -0.403. The zero-order chi connectivity index (χ0) is 28.8. The number of likely N-dealkylation sites (N-methyl/N-ethyl adjacent to an activating group) is 1. The van der Waals surface area contributed by atoms with Gasteiger partial charge in [-0.25, -0.2) is 0 Å². The minimum absolute atomic E-state index is 0.121. The van der Waals surface area contributed by atoms with E-state index < -0.39 is 17.7 Å². The number of rotatable bonds is 11. The van der Waals surface area contributed by atoms with Gasteiger partial charge in [0.05, 0.1) is 11.6 Å². The standard InChI is InChI=1S/C34H40N2O4/c1-6-35(7-2)19-20-36-31(27-13-11-26(12-14-27)23(3)4)30(33(38)34(36)39)32(37)28-15-17-29(18-16-28)40-22-25-10-8-9-24(5)21-25/h8-18,21,23,31,37H,6-7,19-20,22H2,1-5H3/b32-30+. The highest BCUT2D eigenvalue weighted by molar-refractivity contribution is 6.46. The molecule has 1 unspecified atom stereocenters. The summed E-state index contributed by atoms with van der Waals surface area (Å²) in [6.45, 7) is 13.6. The van der Waals surface area contributed by atoms with E-state index in [1.54, 1.807) is 29.2 Å². The summed E-state index contributed by atoms with van der Waals surface area (Å²) in [6, 6.07) is 22.5. The van der Waals surface area contributed by atoms with E-state index in [1.165, 1.54) is 11.1 Å². The van der Waals surface area contributed by atoms with Crippen LogP contribution >= 0.6 is 0 Å². The molecule has 1 aliphatic rings. The topological polar surface area (TPSA) is 70.1 Å². The molecule has 1 atom stereocenters. The maximum Gasteiger partial charge on any atom is 0.295 e. The second kappa shape index (κ2) is 13.0. The SMILES string of the molecule is CCN(CC)CCN1C(=O)C(=O)/C(=C(/O)c2ccc(OCc3cccc(C)c3)cc2)C1c1ccc(C(C)C)cc1. The summed E-state index contributed by atoms with van der Waals surface area (Å²) >= 11 is 0. The number of hydrogen-bond acceptors (Lipinski definition) is 5. The Kier molecular flexibility index (Phi) is 9.43. The fraction of sp³-hybridized carbons (Fsp3) is 0.353. The minimum atomic E-state index is -0.658. The summed E-state index contributed by atoms with van der Waals surface area (Å²) in [6.07, 6.45) is 0. The predicted octanol–water partition coefficient (Wildman–Crippen LogP) is 6.46. The van der Waals surface area contributed by atoms with Gasteiger partial charge >= 0.3 is 0 Å². The fourth-order valence-electron chi connectivity index (χ4n) is 5.14. The molecule has 3 aromatic carbocycles. The molecule has 0 saturated carbocycles. The molecule has 6 heteroatoms. The molecule has 1 aliphatic heterocycles. The number of ether oxygens (including phenoxy) is 1. The lowest BCUT2D eigenvalue weighted by molar-refractivity contribution is -0.140. The highest BCUT2D eigenvalue weighted by Gasteiger charge is 2.46. The average molecular weight is 541 g/mol. The summed E-state index contributed by atoms with van der Waals surface area (Å²) in [4.78, 5) is 30.5. The van der Waals surface area contributed by atoms with Gasteiger partial charge in [-0.15, -0.1) is 0 Å². The van der Waals surface area contributed by atoms with Crippen molar-refractivity contribution in [2.45, 2.75) is 53.2 Å². The molecular formula is C34H40N2O4. The Hall–Kier alpha value is -3.90. The van der Waals surface area contributed by atoms with Gasteiger partial charge in [-0.1, -0.05) is 81.8 Å². The molecule has 40 heavy (non-hydrogen) atoms. The van der Waals surface area contributed by atoms with E-state index in [4.69, 9.17) is 4.74 Å². The number of aliphatic hydroxyl groups excluding tert-OH is 1. The third-order valence-corrected chi connectivity index (χ3v) is 7.63. The number of carbonyl (C=O) groups excluding carboxylic acids is 2. The van der Waals surface area contributed by atoms with Crippen LogP contribution in [-0.4, -0.2) is 52.8 Å². The first-order valence-electron chi connectivity index (χ1n) is 14.1. The van der Waals surface area contributed by atoms with Gasteiger partial charge in [0.25, 0.3) is 11.7 Å². The van der Waals surface area contributed by atoms with Crippen molar-refractivity contribution in [2.24, 2.45) is 0 Å². The Morgan fingerprint density at radius 1 is 0.975 bits per heavy atom. The third-order valence-electron chi connectivity index (χ3n) is 7.63. The molecule has 0 aromatic heterocycles. The van der Waals surface area contributed by atoms with Crippen molar-refractivity contribution in [3.63, 3.8) is 0 Å². The van der Waals surface area contributed by atoms with Crippen LogP contribution < -0.4 is 4.74 Å². The lowest BCUT2D eigenvalue weighted by atomic mass is 9.93. The van der Waals surface area contributed by atoms with Gasteiger partial charge in [-0.3, -0.25) is 9.59 Å². The Morgan fingerprint density at radius 3 is 2.25 bits per heavy atom. The Labute approximate surface area is 237 Å². The van der Waals surface area contributed by atoms with E-state index in [-0.39, 0.29) is 11.3 Å². The molecule has 0 aliphatic carbocycles. The van der Waals surface area contributed by atoms with Gasteiger partial charge < -0.3 is 19.6 Å². The highest BCUT2D eigenvalue weighted by Crippen LogP contribution is 2.39. The Bertz CT molecular complexity index is 1360. The third kappa shape index (κ3) is 6.45. The van der Waals surface area contributed by atoms with Crippen molar-refractivity contribution in [3.8, 4) is 5.75 Å². The molecule has 1 heterocycles. The summed E-state index contributed by atoms with van der Waals surface area (Å²) in [7, 11) is 0. The Balaban J connectivity index is 1.65. The normalized spacial score (nSPS) is 16.8. The van der Waals surface area contributed by atoms with Crippen LogP contribution in [0.4, 0.5) is 0 Å². The van der Waals surface area contributed by atoms with Crippen LogP contribution in [0.2, 0.25) is 0 Å². The quantitative estimate of drug-likeness (QED) is 0.172. The van der Waals surface area contributed by atoms with Gasteiger partial charge in [-0.05, 0) is 66.9 Å². The first-order valence-corrected chi connectivity index (χ1v) is 14.1. The van der Waals surface area contributed by atoms with E-state index >= 15 is 0 Å². The van der Waals surface area contributed by atoms with Gasteiger partial charge in [0.15, 0.2) is 0 Å². The molecule has 3 aromatic rings. The van der Waals surface area contributed by atoms with Crippen LogP contribution in [-0.2, 0) is 16.2 Å². The lowest BCUT2D eigenvalue weighted by Crippen LogP contribution is -2.38. The second-order valence-corrected chi connectivity index (χ2v) is 10.6. The van der Waals surface area contributed by atoms with Crippen LogP contribution in [0.3, 0.4) is 0 Å². The summed E-state index contributed by atoms with van der Waals surface area (Å²) < 4.78 is 5.93. The number of hydrogen-bond donors (Lipinski definition) is 1. The van der Waals surface area contributed by atoms with Gasteiger partial charge in [0, 0.05) is 18.7 Å². The van der Waals surface area contributed by atoms with Crippen LogP contribution in [0.25, 0.3) is 5.76 Å². The van der Waals surface area contributed by atoms with Crippen molar-refractivity contribution in [1.29, 1.82) is 0 Å². The van der Waals surface area contributed by atoms with E-state index in [2.05, 4.69) is 38.7 Å². The zero-order valence-electron chi connectivity index (χ0n) is 24.2. The summed E-state index contributed by atoms with van der Waals surface area (Å²) in [5.41, 5.74) is 4.81. The predicted molar refractivity (Wildman–Crippen MR) is 159 cm³/mol. The molecule has 1 amide bonds. The van der Waals surface area contributed by atoms with Crippen molar-refractivity contribution in [1.82, 2.24) is 9.80 Å². The van der Waals surface area contributed by atoms with Crippen molar-refractivity contribution in [2.75, 3.05) is 26.2 Å². The van der Waals surface area contributed by atoms with E-state index in [0.29, 0.717) is 36.9 Å². The zero-order valence-corrected chi connectivity index (χ0v) is 24.2. The average Bonchev–Trinajstić information content (AvgIpc) is 3.21. The van der Waals surface area contributed by atoms with Crippen molar-refractivity contribution in [3.05, 3.63) is 106 Å². The number of likely N-dealkylation sites (tertiary alicyclic amines) is 1. The molecule has 0 bridgehead atoms. The Morgan fingerprint density at radius 2 is 1.65 bits per heavy atom. The molecule has 6 nitrogen and oxygen atoms in total. The molecule has 1 saturated heterocycles. The van der Waals surface area contributed by atoms with E-state index in [1.807, 2.05) is 49.4 Å². The van der Waals surface area contributed by atoms with Gasteiger partial charge in [0.2, 0.25) is 0 Å². The smallest absolute Gasteiger partial charge is 0.295 e. The van der Waals surface area contributed by atoms with E-state index in [0.717, 1.165) is 24.2 Å². The van der Waals surface area contributed by atoms with Crippen LogP contribution in [0, 0.1) is 6.92 Å². The highest BCUT2D eigenvalue weighted by atomic mass is 16.5. The number of Topliss-reactive ketones (excluding diaryl/α,β-unsaturated/α-hetero) is 1. The lowest BCUT2D eigenvalue weighted by Gasteiger charge is -2.28. The van der Waals surface area contributed by atoms with Gasteiger partial charge in [0.1, 0.15) is 18.1 Å². The van der Waals surface area contributed by atoms with Crippen LogP contribution in [0.5, 0.6) is 5.75 Å². The number of aliphatic hydroxyl groups is 1. The molecular weight excluding hydrogens is 500 g/mol. The van der Waals surface area contributed by atoms with E-state index in [9.17, 15) is 14.7 Å². The first kappa shape index (κ1) is 29.1. The summed E-state index contributed by atoms with van der Waals surface area (Å²) in [5, 5.41) is 11.4. The molecule has 4 rings (SSSR count). The molecule has 1 fully saturated rings. The molecule has 210 valence electrons. The fourth-order valence-corrected chi connectivity index (χ4v) is 5.14. The molecule has 0 spiro atoms. The number of ketones is 1.